The Labute approximate surface area is 117 Å². The normalized spacial score (nSPS) is 19.5. The number of hydrogen-bond acceptors (Lipinski definition) is 3. The molecule has 2 atom stereocenters. The zero-order chi connectivity index (χ0) is 14.4. The van der Waals surface area contributed by atoms with Crippen molar-refractivity contribution in [3.05, 3.63) is 35.9 Å². The second kappa shape index (κ2) is 7.05. The van der Waals surface area contributed by atoms with Gasteiger partial charge in [-0.3, -0.25) is 4.79 Å². The van der Waals surface area contributed by atoms with Crippen molar-refractivity contribution in [2.24, 2.45) is 5.92 Å². The van der Waals surface area contributed by atoms with E-state index < -0.39 is 12.0 Å². The van der Waals surface area contributed by atoms with Gasteiger partial charge < -0.3 is 15.2 Å². The third-order valence-electron chi connectivity index (χ3n) is 3.49. The van der Waals surface area contributed by atoms with E-state index in [-0.39, 0.29) is 5.91 Å². The average Bonchev–Trinajstić information content (AvgIpc) is 2.96. The topological polar surface area (TPSA) is 75.6 Å². The first-order valence-corrected chi connectivity index (χ1v) is 6.81. The second-order valence-electron chi connectivity index (χ2n) is 5.02. The Morgan fingerprint density at radius 3 is 2.70 bits per heavy atom. The van der Waals surface area contributed by atoms with Gasteiger partial charge >= 0.3 is 5.97 Å². The molecule has 1 aliphatic heterocycles. The Hall–Kier alpha value is -1.88. The van der Waals surface area contributed by atoms with Crippen LogP contribution in [0.1, 0.15) is 30.9 Å². The van der Waals surface area contributed by atoms with Crippen LogP contribution in [0, 0.1) is 5.92 Å². The number of carbonyl (C=O) groups is 2. The van der Waals surface area contributed by atoms with Crippen LogP contribution >= 0.6 is 0 Å². The molecule has 2 unspecified atom stereocenters. The van der Waals surface area contributed by atoms with Crippen molar-refractivity contribution in [1.29, 1.82) is 0 Å². The molecule has 1 aliphatic rings. The van der Waals surface area contributed by atoms with E-state index in [9.17, 15) is 14.7 Å². The SMILES string of the molecule is O=C(CCC1CCOC1)NC(C(=O)O)c1ccccc1. The van der Waals surface area contributed by atoms with E-state index in [1.54, 1.807) is 24.3 Å². The number of aliphatic carboxylic acids is 1. The average molecular weight is 277 g/mol. The fraction of sp³-hybridized carbons (Fsp3) is 0.467. The van der Waals surface area contributed by atoms with Crippen molar-refractivity contribution in [3.8, 4) is 0 Å². The minimum atomic E-state index is -1.05. The molecule has 1 aromatic carbocycles. The summed E-state index contributed by atoms with van der Waals surface area (Å²) in [6.07, 6.45) is 2.06. The summed E-state index contributed by atoms with van der Waals surface area (Å²) < 4.78 is 5.25. The zero-order valence-electron chi connectivity index (χ0n) is 11.2. The summed E-state index contributed by atoms with van der Waals surface area (Å²) in [4.78, 5) is 23.1. The molecule has 0 aliphatic carbocycles. The second-order valence-corrected chi connectivity index (χ2v) is 5.02. The van der Waals surface area contributed by atoms with Gasteiger partial charge in [-0.15, -0.1) is 0 Å². The summed E-state index contributed by atoms with van der Waals surface area (Å²) in [5, 5.41) is 11.8. The van der Waals surface area contributed by atoms with E-state index in [0.717, 1.165) is 19.4 Å². The summed E-state index contributed by atoms with van der Waals surface area (Å²) >= 11 is 0. The molecule has 5 heteroatoms. The van der Waals surface area contributed by atoms with Gasteiger partial charge in [0.1, 0.15) is 0 Å². The largest absolute Gasteiger partial charge is 0.479 e. The lowest BCUT2D eigenvalue weighted by Crippen LogP contribution is -2.33. The summed E-state index contributed by atoms with van der Waals surface area (Å²) in [5.41, 5.74) is 0.581. The van der Waals surface area contributed by atoms with E-state index in [0.29, 0.717) is 24.5 Å². The molecule has 1 saturated heterocycles. The van der Waals surface area contributed by atoms with E-state index in [2.05, 4.69) is 5.32 Å². The third-order valence-corrected chi connectivity index (χ3v) is 3.49. The molecule has 0 aromatic heterocycles. The van der Waals surface area contributed by atoms with Crippen molar-refractivity contribution < 1.29 is 19.4 Å². The predicted molar refractivity (Wildman–Crippen MR) is 73.1 cm³/mol. The molecule has 0 radical (unpaired) electrons. The van der Waals surface area contributed by atoms with Gasteiger partial charge in [-0.1, -0.05) is 30.3 Å². The van der Waals surface area contributed by atoms with Crippen LogP contribution in [-0.4, -0.2) is 30.2 Å². The minimum absolute atomic E-state index is 0.229. The van der Waals surface area contributed by atoms with Gasteiger partial charge in [0, 0.05) is 19.6 Å². The molecule has 0 spiro atoms. The zero-order valence-corrected chi connectivity index (χ0v) is 11.2. The standard InChI is InChI=1S/C15H19NO4/c17-13(7-6-11-8-9-20-10-11)16-14(15(18)19)12-4-2-1-3-5-12/h1-5,11,14H,6-10H2,(H,16,17)(H,18,19). The molecule has 1 fully saturated rings. The highest BCUT2D eigenvalue weighted by Crippen LogP contribution is 2.18. The fourth-order valence-corrected chi connectivity index (χ4v) is 2.31. The molecule has 2 rings (SSSR count). The van der Waals surface area contributed by atoms with Crippen LogP contribution in [0.3, 0.4) is 0 Å². The van der Waals surface area contributed by atoms with Crippen molar-refractivity contribution in [2.75, 3.05) is 13.2 Å². The molecule has 20 heavy (non-hydrogen) atoms. The first-order chi connectivity index (χ1) is 9.66. The van der Waals surface area contributed by atoms with Crippen molar-refractivity contribution in [3.63, 3.8) is 0 Å². The Bertz CT molecular complexity index is 454. The molecule has 1 amide bonds. The number of ether oxygens (including phenoxy) is 1. The summed E-state index contributed by atoms with van der Waals surface area (Å²) in [6.45, 7) is 1.46. The van der Waals surface area contributed by atoms with Crippen LogP contribution in [0.2, 0.25) is 0 Å². The molecular weight excluding hydrogens is 258 g/mol. The molecule has 0 bridgehead atoms. The molecule has 0 saturated carbocycles. The Morgan fingerprint density at radius 2 is 2.10 bits per heavy atom. The molecular formula is C15H19NO4. The maximum atomic E-state index is 11.9. The number of benzene rings is 1. The quantitative estimate of drug-likeness (QED) is 0.830. The summed E-state index contributed by atoms with van der Waals surface area (Å²) in [7, 11) is 0. The van der Waals surface area contributed by atoms with E-state index in [4.69, 9.17) is 4.74 Å². The Kier molecular flexibility index (Phi) is 5.12. The Morgan fingerprint density at radius 1 is 1.35 bits per heavy atom. The maximum Gasteiger partial charge on any atom is 0.330 e. The van der Waals surface area contributed by atoms with Gasteiger partial charge in [-0.2, -0.15) is 0 Å². The summed E-state index contributed by atoms with van der Waals surface area (Å²) in [5.74, 6) is -0.859. The highest BCUT2D eigenvalue weighted by atomic mass is 16.5. The first kappa shape index (κ1) is 14.5. The fourth-order valence-electron chi connectivity index (χ4n) is 2.31. The van der Waals surface area contributed by atoms with E-state index in [1.165, 1.54) is 0 Å². The van der Waals surface area contributed by atoms with Crippen LogP contribution in [0.5, 0.6) is 0 Å². The van der Waals surface area contributed by atoms with Crippen LogP contribution in [0.15, 0.2) is 30.3 Å². The lowest BCUT2D eigenvalue weighted by molar-refractivity contribution is -0.142. The maximum absolute atomic E-state index is 11.9. The van der Waals surface area contributed by atoms with Gasteiger partial charge in [-0.25, -0.2) is 4.79 Å². The number of hydrogen-bond donors (Lipinski definition) is 2. The number of carboxylic acids is 1. The van der Waals surface area contributed by atoms with Crippen LogP contribution in [0.4, 0.5) is 0 Å². The monoisotopic (exact) mass is 277 g/mol. The molecule has 5 nitrogen and oxygen atoms in total. The Balaban J connectivity index is 1.87. The van der Waals surface area contributed by atoms with Gasteiger partial charge in [0.15, 0.2) is 6.04 Å². The minimum Gasteiger partial charge on any atom is -0.479 e. The highest BCUT2D eigenvalue weighted by Gasteiger charge is 2.23. The highest BCUT2D eigenvalue weighted by molar-refractivity contribution is 5.84. The van der Waals surface area contributed by atoms with Crippen molar-refractivity contribution in [2.45, 2.75) is 25.3 Å². The van der Waals surface area contributed by atoms with Gasteiger partial charge in [0.05, 0.1) is 0 Å². The van der Waals surface area contributed by atoms with Crippen LogP contribution < -0.4 is 5.32 Å². The smallest absolute Gasteiger partial charge is 0.330 e. The van der Waals surface area contributed by atoms with Gasteiger partial charge in [0.25, 0.3) is 0 Å². The van der Waals surface area contributed by atoms with Crippen molar-refractivity contribution in [1.82, 2.24) is 5.32 Å². The predicted octanol–water partition coefficient (Wildman–Crippen LogP) is 1.75. The third kappa shape index (κ3) is 4.06. The number of carbonyl (C=O) groups excluding carboxylic acids is 1. The van der Waals surface area contributed by atoms with Crippen molar-refractivity contribution >= 4 is 11.9 Å². The van der Waals surface area contributed by atoms with Crippen LogP contribution in [0.25, 0.3) is 0 Å². The molecule has 2 N–H and O–H groups in total. The van der Waals surface area contributed by atoms with Gasteiger partial charge in [0.2, 0.25) is 5.91 Å². The van der Waals surface area contributed by atoms with E-state index in [1.807, 2.05) is 6.07 Å². The number of carboxylic acid groups (broad SMARTS) is 1. The van der Waals surface area contributed by atoms with E-state index >= 15 is 0 Å². The lowest BCUT2D eigenvalue weighted by atomic mass is 10.0. The lowest BCUT2D eigenvalue weighted by Gasteiger charge is -2.15. The number of amides is 1. The number of nitrogens with one attached hydrogen (secondary N) is 1. The van der Waals surface area contributed by atoms with Crippen LogP contribution in [-0.2, 0) is 14.3 Å². The summed E-state index contributed by atoms with van der Waals surface area (Å²) in [6, 6.07) is 7.74. The molecule has 1 aromatic rings. The number of rotatable bonds is 6. The molecule has 1 heterocycles. The van der Waals surface area contributed by atoms with Gasteiger partial charge in [-0.05, 0) is 24.3 Å². The molecule has 108 valence electrons. The first-order valence-electron chi connectivity index (χ1n) is 6.81.